The molecule has 6 nitrogen and oxygen atoms in total. The number of carbonyl (C=O) groups excluding carboxylic acids is 3. The second kappa shape index (κ2) is 6.00. The van der Waals surface area contributed by atoms with E-state index in [0.717, 1.165) is 10.5 Å². The van der Waals surface area contributed by atoms with Crippen LogP contribution < -0.4 is 10.2 Å². The fourth-order valence-corrected chi connectivity index (χ4v) is 2.40. The molecule has 0 aromatic heterocycles. The molecule has 0 bridgehead atoms. The molecule has 2 aromatic carbocycles. The molecule has 1 saturated heterocycles. The summed E-state index contributed by atoms with van der Waals surface area (Å²) < 4.78 is 0. The second-order valence-corrected chi connectivity index (χ2v) is 5.39. The number of barbiturate groups is 1. The number of nitrogens with zero attached hydrogens (tertiary/aromatic N) is 1. The number of phenolic OH excluding ortho intramolecular Hbond substituents is 1. The maximum Gasteiger partial charge on any atom is 0.335 e. The Bertz CT molecular complexity index is 869. The predicted molar refractivity (Wildman–Crippen MR) is 88.3 cm³/mol. The summed E-state index contributed by atoms with van der Waals surface area (Å²) in [5.41, 5.74) is 1.68. The van der Waals surface area contributed by atoms with Gasteiger partial charge in [-0.1, -0.05) is 24.3 Å². The van der Waals surface area contributed by atoms with E-state index in [2.05, 4.69) is 5.32 Å². The molecule has 1 fully saturated rings. The van der Waals surface area contributed by atoms with E-state index >= 15 is 0 Å². The van der Waals surface area contributed by atoms with E-state index in [4.69, 9.17) is 0 Å². The van der Waals surface area contributed by atoms with E-state index in [1.165, 1.54) is 18.2 Å². The zero-order valence-corrected chi connectivity index (χ0v) is 12.8. The van der Waals surface area contributed by atoms with Crippen molar-refractivity contribution in [3.05, 3.63) is 65.2 Å². The van der Waals surface area contributed by atoms with E-state index in [0.29, 0.717) is 11.3 Å². The topological polar surface area (TPSA) is 86.7 Å². The number of aromatic hydroxyl groups is 1. The molecule has 0 atom stereocenters. The van der Waals surface area contributed by atoms with Gasteiger partial charge < -0.3 is 5.11 Å². The van der Waals surface area contributed by atoms with Crippen LogP contribution in [0.5, 0.6) is 5.75 Å². The first-order chi connectivity index (χ1) is 11.5. The molecular formula is C18H14N2O4. The van der Waals surface area contributed by atoms with Crippen molar-refractivity contribution in [1.29, 1.82) is 0 Å². The Kier molecular flexibility index (Phi) is 3.87. The Morgan fingerprint density at radius 3 is 2.42 bits per heavy atom. The quantitative estimate of drug-likeness (QED) is 0.656. The molecule has 4 amide bonds. The Morgan fingerprint density at radius 1 is 1.04 bits per heavy atom. The number of hydrogen-bond acceptors (Lipinski definition) is 4. The highest BCUT2D eigenvalue weighted by Gasteiger charge is 2.36. The first-order valence-corrected chi connectivity index (χ1v) is 7.23. The van der Waals surface area contributed by atoms with Gasteiger partial charge in [-0.3, -0.25) is 14.9 Å². The normalized spacial score (nSPS) is 16.5. The minimum atomic E-state index is -0.779. The van der Waals surface area contributed by atoms with Crippen molar-refractivity contribution in [1.82, 2.24) is 5.32 Å². The van der Waals surface area contributed by atoms with Crippen LogP contribution in [-0.2, 0) is 9.59 Å². The summed E-state index contributed by atoms with van der Waals surface area (Å²) in [5, 5.41) is 11.5. The summed E-state index contributed by atoms with van der Waals surface area (Å²) in [4.78, 5) is 37.7. The lowest BCUT2D eigenvalue weighted by Gasteiger charge is -2.26. The molecule has 3 rings (SSSR count). The molecule has 6 heteroatoms. The maximum atomic E-state index is 12.7. The number of carbonyl (C=O) groups is 3. The van der Waals surface area contributed by atoms with Crippen LogP contribution in [0.4, 0.5) is 10.5 Å². The Hall–Kier alpha value is -3.41. The lowest BCUT2D eigenvalue weighted by molar-refractivity contribution is -0.122. The summed E-state index contributed by atoms with van der Waals surface area (Å²) in [6.07, 6.45) is 1.38. The smallest absolute Gasteiger partial charge is 0.335 e. The lowest BCUT2D eigenvalue weighted by atomic mass is 10.1. The van der Waals surface area contributed by atoms with Crippen molar-refractivity contribution in [2.45, 2.75) is 6.92 Å². The minimum Gasteiger partial charge on any atom is -0.508 e. The van der Waals surface area contributed by atoms with E-state index in [1.54, 1.807) is 30.3 Å². The fraction of sp³-hybridized carbons (Fsp3) is 0.0556. The number of nitrogens with one attached hydrogen (secondary N) is 1. The number of phenols is 1. The van der Waals surface area contributed by atoms with E-state index in [9.17, 15) is 19.5 Å². The van der Waals surface area contributed by atoms with Gasteiger partial charge in [0.15, 0.2) is 0 Å². The van der Waals surface area contributed by atoms with Gasteiger partial charge in [0.1, 0.15) is 11.3 Å². The van der Waals surface area contributed by atoms with Crippen LogP contribution in [-0.4, -0.2) is 23.0 Å². The van der Waals surface area contributed by atoms with Crippen LogP contribution in [0.3, 0.4) is 0 Å². The van der Waals surface area contributed by atoms with Crippen molar-refractivity contribution in [2.75, 3.05) is 4.90 Å². The highest BCUT2D eigenvalue weighted by Crippen LogP contribution is 2.23. The van der Waals surface area contributed by atoms with Gasteiger partial charge >= 0.3 is 6.03 Å². The van der Waals surface area contributed by atoms with Gasteiger partial charge in [0.25, 0.3) is 11.8 Å². The van der Waals surface area contributed by atoms with Crippen LogP contribution in [0, 0.1) is 6.92 Å². The third kappa shape index (κ3) is 2.89. The van der Waals surface area contributed by atoms with Crippen LogP contribution in [0.1, 0.15) is 11.1 Å². The lowest BCUT2D eigenvalue weighted by Crippen LogP contribution is -2.54. The van der Waals surface area contributed by atoms with Crippen LogP contribution in [0.25, 0.3) is 6.08 Å². The zero-order valence-electron chi connectivity index (χ0n) is 12.8. The van der Waals surface area contributed by atoms with Gasteiger partial charge in [-0.05, 0) is 48.4 Å². The second-order valence-electron chi connectivity index (χ2n) is 5.39. The molecule has 2 aromatic rings. The summed E-state index contributed by atoms with van der Waals surface area (Å²) in [6, 6.07) is 12.1. The summed E-state index contributed by atoms with van der Waals surface area (Å²) in [6.45, 7) is 1.84. The zero-order chi connectivity index (χ0) is 17.3. The Balaban J connectivity index is 2.01. The largest absolute Gasteiger partial charge is 0.508 e. The SMILES string of the molecule is Cc1cccc(N2C(=O)NC(=O)C(=Cc3ccc(O)cc3)C2=O)c1. The van der Waals surface area contributed by atoms with Crippen molar-refractivity contribution < 1.29 is 19.5 Å². The van der Waals surface area contributed by atoms with Crippen LogP contribution in [0.2, 0.25) is 0 Å². The Labute approximate surface area is 138 Å². The van der Waals surface area contributed by atoms with Crippen LogP contribution >= 0.6 is 0 Å². The number of aryl methyl sites for hydroxylation is 1. The first kappa shape index (κ1) is 15.5. The van der Waals surface area contributed by atoms with Crippen molar-refractivity contribution in [3.63, 3.8) is 0 Å². The molecule has 0 radical (unpaired) electrons. The van der Waals surface area contributed by atoms with Crippen LogP contribution in [0.15, 0.2) is 54.1 Å². The fourth-order valence-electron chi connectivity index (χ4n) is 2.40. The highest BCUT2D eigenvalue weighted by molar-refractivity contribution is 6.39. The van der Waals surface area contributed by atoms with E-state index < -0.39 is 17.8 Å². The number of urea groups is 1. The molecule has 0 aliphatic carbocycles. The van der Waals surface area contributed by atoms with Gasteiger partial charge in [-0.15, -0.1) is 0 Å². The third-order valence-electron chi connectivity index (χ3n) is 3.57. The molecule has 1 aliphatic heterocycles. The van der Waals surface area contributed by atoms with Crippen molar-refractivity contribution in [2.24, 2.45) is 0 Å². The van der Waals surface area contributed by atoms with Gasteiger partial charge in [0.2, 0.25) is 0 Å². The molecule has 120 valence electrons. The number of hydrogen-bond donors (Lipinski definition) is 2. The molecule has 0 saturated carbocycles. The number of benzene rings is 2. The van der Waals surface area contributed by atoms with Gasteiger partial charge in [0.05, 0.1) is 5.69 Å². The molecule has 2 N–H and O–H groups in total. The molecule has 0 spiro atoms. The maximum absolute atomic E-state index is 12.7. The number of anilines is 1. The van der Waals surface area contributed by atoms with E-state index in [-0.39, 0.29) is 11.3 Å². The summed E-state index contributed by atoms with van der Waals surface area (Å²) >= 11 is 0. The Morgan fingerprint density at radius 2 is 1.75 bits per heavy atom. The third-order valence-corrected chi connectivity index (χ3v) is 3.57. The standard InChI is InChI=1S/C18H14N2O4/c1-11-3-2-4-13(9-11)20-17(23)15(16(22)19-18(20)24)10-12-5-7-14(21)8-6-12/h2-10,21H,1H3,(H,19,22,24). The molecule has 1 aliphatic rings. The summed E-state index contributed by atoms with van der Waals surface area (Å²) in [7, 11) is 0. The summed E-state index contributed by atoms with van der Waals surface area (Å²) in [5.74, 6) is -1.36. The molecule has 24 heavy (non-hydrogen) atoms. The number of imide groups is 2. The average Bonchev–Trinajstić information content (AvgIpc) is 2.53. The minimum absolute atomic E-state index is 0.0770. The number of amides is 4. The monoisotopic (exact) mass is 322 g/mol. The van der Waals surface area contributed by atoms with Crippen molar-refractivity contribution >= 4 is 29.6 Å². The van der Waals surface area contributed by atoms with Crippen molar-refractivity contribution in [3.8, 4) is 5.75 Å². The predicted octanol–water partition coefficient (Wildman–Crippen LogP) is 2.37. The number of rotatable bonds is 2. The van der Waals surface area contributed by atoms with Gasteiger partial charge in [0, 0.05) is 0 Å². The van der Waals surface area contributed by atoms with Gasteiger partial charge in [-0.25, -0.2) is 9.69 Å². The molecule has 0 unspecified atom stereocenters. The van der Waals surface area contributed by atoms with E-state index in [1.807, 2.05) is 13.0 Å². The van der Waals surface area contributed by atoms with Gasteiger partial charge in [-0.2, -0.15) is 0 Å². The molecular weight excluding hydrogens is 308 g/mol. The molecule has 1 heterocycles. The average molecular weight is 322 g/mol. The first-order valence-electron chi connectivity index (χ1n) is 7.23. The highest BCUT2D eigenvalue weighted by atomic mass is 16.3.